The highest BCUT2D eigenvalue weighted by atomic mass is 16.5. The van der Waals surface area contributed by atoms with Crippen LogP contribution >= 0.6 is 0 Å². The quantitative estimate of drug-likeness (QED) is 0.504. The Morgan fingerprint density at radius 3 is 2.27 bits per heavy atom. The second-order valence-electron chi connectivity index (χ2n) is 2.59. The Hall–Kier alpha value is -0.610. The fourth-order valence-electron chi connectivity index (χ4n) is 0.939. The minimum Gasteiger partial charge on any atom is -0.481 e. The number of aliphatic carboxylic acids is 1. The van der Waals surface area contributed by atoms with Crippen molar-refractivity contribution in [3.63, 3.8) is 0 Å². The molecule has 1 unspecified atom stereocenters. The van der Waals surface area contributed by atoms with Crippen molar-refractivity contribution >= 4 is 5.97 Å². The van der Waals surface area contributed by atoms with E-state index in [1.54, 1.807) is 0 Å². The van der Waals surface area contributed by atoms with Gasteiger partial charge in [0.15, 0.2) is 6.29 Å². The van der Waals surface area contributed by atoms with Crippen molar-refractivity contribution in [2.24, 2.45) is 5.92 Å². The lowest BCUT2D eigenvalue weighted by Gasteiger charge is -2.12. The maximum absolute atomic E-state index is 10.2. The SMILES string of the molecule is CCC(CC(=O)O)CC(O)O. The molecule has 0 aromatic heterocycles. The second kappa shape index (κ2) is 5.09. The molecule has 0 aromatic carbocycles. The first-order valence-corrected chi connectivity index (χ1v) is 3.64. The van der Waals surface area contributed by atoms with E-state index in [0.29, 0.717) is 6.42 Å². The summed E-state index contributed by atoms with van der Waals surface area (Å²) < 4.78 is 0. The van der Waals surface area contributed by atoms with Crippen LogP contribution in [0.1, 0.15) is 26.2 Å². The summed E-state index contributed by atoms with van der Waals surface area (Å²) >= 11 is 0. The number of carboxylic acid groups (broad SMARTS) is 1. The Balaban J connectivity index is 3.66. The molecule has 0 bridgehead atoms. The van der Waals surface area contributed by atoms with E-state index < -0.39 is 12.3 Å². The van der Waals surface area contributed by atoms with Crippen molar-refractivity contribution in [2.45, 2.75) is 32.5 Å². The number of rotatable bonds is 5. The molecular weight excluding hydrogens is 148 g/mol. The molecule has 0 aliphatic heterocycles. The van der Waals surface area contributed by atoms with Crippen LogP contribution in [0.4, 0.5) is 0 Å². The van der Waals surface area contributed by atoms with Crippen LogP contribution < -0.4 is 0 Å². The van der Waals surface area contributed by atoms with Gasteiger partial charge < -0.3 is 15.3 Å². The molecule has 0 aliphatic carbocycles. The van der Waals surface area contributed by atoms with Gasteiger partial charge in [0.2, 0.25) is 0 Å². The third-order valence-corrected chi connectivity index (χ3v) is 1.58. The normalized spacial score (nSPS) is 13.5. The van der Waals surface area contributed by atoms with Crippen molar-refractivity contribution in [1.29, 1.82) is 0 Å². The lowest BCUT2D eigenvalue weighted by Crippen LogP contribution is -2.15. The largest absolute Gasteiger partial charge is 0.481 e. The maximum Gasteiger partial charge on any atom is 0.303 e. The fourth-order valence-corrected chi connectivity index (χ4v) is 0.939. The maximum atomic E-state index is 10.2. The molecule has 0 radical (unpaired) electrons. The van der Waals surface area contributed by atoms with Crippen LogP contribution in [0, 0.1) is 5.92 Å². The summed E-state index contributed by atoms with van der Waals surface area (Å²) in [6, 6.07) is 0. The third kappa shape index (κ3) is 5.82. The van der Waals surface area contributed by atoms with E-state index in [0.717, 1.165) is 0 Å². The zero-order chi connectivity index (χ0) is 8.85. The summed E-state index contributed by atoms with van der Waals surface area (Å²) in [7, 11) is 0. The highest BCUT2D eigenvalue weighted by Crippen LogP contribution is 2.14. The highest BCUT2D eigenvalue weighted by Gasteiger charge is 2.13. The highest BCUT2D eigenvalue weighted by molar-refractivity contribution is 5.66. The molecule has 0 fully saturated rings. The predicted molar refractivity (Wildman–Crippen MR) is 38.9 cm³/mol. The first-order valence-electron chi connectivity index (χ1n) is 3.64. The van der Waals surface area contributed by atoms with Crippen LogP contribution in [0.2, 0.25) is 0 Å². The summed E-state index contributed by atoms with van der Waals surface area (Å²) in [6.07, 6.45) is -0.583. The van der Waals surface area contributed by atoms with Gasteiger partial charge in [0.1, 0.15) is 0 Å². The molecule has 0 rings (SSSR count). The smallest absolute Gasteiger partial charge is 0.303 e. The topological polar surface area (TPSA) is 77.8 Å². The molecule has 0 heterocycles. The van der Waals surface area contributed by atoms with E-state index in [-0.39, 0.29) is 18.8 Å². The summed E-state index contributed by atoms with van der Waals surface area (Å²) in [4.78, 5) is 10.2. The zero-order valence-electron chi connectivity index (χ0n) is 6.53. The number of hydrogen-bond donors (Lipinski definition) is 3. The number of carboxylic acids is 1. The summed E-state index contributed by atoms with van der Waals surface area (Å²) in [5.41, 5.74) is 0. The molecule has 0 saturated carbocycles. The van der Waals surface area contributed by atoms with Crippen LogP contribution in [-0.2, 0) is 4.79 Å². The molecule has 66 valence electrons. The molecular formula is C7H14O4. The Kier molecular flexibility index (Phi) is 4.81. The van der Waals surface area contributed by atoms with E-state index in [1.165, 1.54) is 0 Å². The van der Waals surface area contributed by atoms with Crippen LogP contribution in [0.15, 0.2) is 0 Å². The molecule has 0 aromatic rings. The van der Waals surface area contributed by atoms with Crippen molar-refractivity contribution in [3.8, 4) is 0 Å². The lowest BCUT2D eigenvalue weighted by molar-refractivity contribution is -0.139. The van der Waals surface area contributed by atoms with Gasteiger partial charge in [0.25, 0.3) is 0 Å². The first kappa shape index (κ1) is 10.4. The summed E-state index contributed by atoms with van der Waals surface area (Å²) in [5, 5.41) is 25.4. The fraction of sp³-hybridized carbons (Fsp3) is 0.857. The molecule has 0 saturated heterocycles. The summed E-state index contributed by atoms with van der Waals surface area (Å²) in [5.74, 6) is -1.02. The molecule has 4 nitrogen and oxygen atoms in total. The molecule has 0 spiro atoms. The predicted octanol–water partition coefficient (Wildman–Crippen LogP) is 0.188. The zero-order valence-corrected chi connectivity index (χ0v) is 6.53. The Morgan fingerprint density at radius 1 is 1.45 bits per heavy atom. The van der Waals surface area contributed by atoms with Gasteiger partial charge in [-0.05, 0) is 5.92 Å². The van der Waals surface area contributed by atoms with Gasteiger partial charge in [-0.1, -0.05) is 13.3 Å². The number of aliphatic hydroxyl groups is 2. The van der Waals surface area contributed by atoms with Crippen molar-refractivity contribution in [2.75, 3.05) is 0 Å². The van der Waals surface area contributed by atoms with Crippen LogP contribution in [0.3, 0.4) is 0 Å². The molecule has 11 heavy (non-hydrogen) atoms. The Morgan fingerprint density at radius 2 is 2.00 bits per heavy atom. The molecule has 3 N–H and O–H groups in total. The average Bonchev–Trinajstić information content (AvgIpc) is 1.84. The summed E-state index contributed by atoms with van der Waals surface area (Å²) in [6.45, 7) is 1.83. The minimum atomic E-state index is -1.39. The Labute approximate surface area is 65.5 Å². The first-order chi connectivity index (χ1) is 5.06. The van der Waals surface area contributed by atoms with Crippen molar-refractivity contribution in [3.05, 3.63) is 0 Å². The van der Waals surface area contributed by atoms with Gasteiger partial charge in [-0.2, -0.15) is 0 Å². The van der Waals surface area contributed by atoms with Crippen LogP contribution in [0.25, 0.3) is 0 Å². The lowest BCUT2D eigenvalue weighted by atomic mass is 9.98. The monoisotopic (exact) mass is 162 g/mol. The van der Waals surface area contributed by atoms with Gasteiger partial charge in [0.05, 0.1) is 0 Å². The average molecular weight is 162 g/mol. The van der Waals surface area contributed by atoms with Gasteiger partial charge in [-0.3, -0.25) is 4.79 Å². The van der Waals surface area contributed by atoms with Crippen molar-refractivity contribution in [1.82, 2.24) is 0 Å². The minimum absolute atomic E-state index is 0.00806. The van der Waals surface area contributed by atoms with Crippen LogP contribution in [0.5, 0.6) is 0 Å². The van der Waals surface area contributed by atoms with Gasteiger partial charge in [-0.25, -0.2) is 0 Å². The van der Waals surface area contributed by atoms with E-state index in [9.17, 15) is 4.79 Å². The molecule has 1 atom stereocenters. The van der Waals surface area contributed by atoms with E-state index >= 15 is 0 Å². The molecule has 0 aliphatic rings. The third-order valence-electron chi connectivity index (χ3n) is 1.58. The Bertz CT molecular complexity index is 122. The van der Waals surface area contributed by atoms with E-state index in [2.05, 4.69) is 0 Å². The van der Waals surface area contributed by atoms with Crippen molar-refractivity contribution < 1.29 is 20.1 Å². The second-order valence-corrected chi connectivity index (χ2v) is 2.59. The van der Waals surface area contributed by atoms with Gasteiger partial charge in [0, 0.05) is 12.8 Å². The molecule has 4 heteroatoms. The number of hydrogen-bond acceptors (Lipinski definition) is 3. The van der Waals surface area contributed by atoms with Gasteiger partial charge >= 0.3 is 5.97 Å². The number of carbonyl (C=O) groups is 1. The van der Waals surface area contributed by atoms with Gasteiger partial charge in [-0.15, -0.1) is 0 Å². The van der Waals surface area contributed by atoms with E-state index in [1.807, 2.05) is 6.92 Å². The van der Waals surface area contributed by atoms with E-state index in [4.69, 9.17) is 15.3 Å². The molecule has 0 amide bonds. The number of aliphatic hydroxyl groups excluding tert-OH is 1. The standard InChI is InChI=1S/C7H14O4/c1-2-5(3-6(8)9)4-7(10)11/h5-6,8-9H,2-4H2,1H3,(H,10,11). The van der Waals surface area contributed by atoms with Crippen LogP contribution in [-0.4, -0.2) is 27.6 Å².